The number of hydrogen-bond acceptors (Lipinski definition) is 6. The van der Waals surface area contributed by atoms with Crippen molar-refractivity contribution in [2.75, 3.05) is 6.61 Å². The topological polar surface area (TPSA) is 118 Å². The Balaban J connectivity index is 1.55. The lowest BCUT2D eigenvalue weighted by Crippen LogP contribution is -2.21. The van der Waals surface area contributed by atoms with Crippen LogP contribution in [0.15, 0.2) is 84.0 Å². The van der Waals surface area contributed by atoms with Crippen molar-refractivity contribution in [3.05, 3.63) is 112 Å². The van der Waals surface area contributed by atoms with E-state index in [1.165, 1.54) is 10.9 Å². The third kappa shape index (κ3) is 4.99. The Morgan fingerprint density at radius 3 is 2.41 bits per heavy atom. The van der Waals surface area contributed by atoms with E-state index in [1.807, 2.05) is 42.5 Å². The maximum Gasteiger partial charge on any atom is 0.263 e. The fourth-order valence-corrected chi connectivity index (χ4v) is 3.81. The highest BCUT2D eigenvalue weighted by molar-refractivity contribution is 5.95. The Morgan fingerprint density at radius 2 is 1.79 bits per heavy atom. The first-order valence-corrected chi connectivity index (χ1v) is 10.7. The predicted octanol–water partition coefficient (Wildman–Crippen LogP) is 2.96. The normalized spacial score (nSPS) is 11.6. The van der Waals surface area contributed by atoms with E-state index in [1.54, 1.807) is 36.5 Å². The van der Waals surface area contributed by atoms with Gasteiger partial charge in [-0.3, -0.25) is 14.6 Å². The average Bonchev–Trinajstić information content (AvgIpc) is 3.41. The van der Waals surface area contributed by atoms with Crippen LogP contribution < -0.4 is 5.56 Å². The zero-order chi connectivity index (χ0) is 23.9. The molecule has 170 valence electrons. The molecular formula is C26H22N4O4. The number of carbonyl (C=O) groups excluding carboxylic acids is 2. The molecule has 34 heavy (non-hydrogen) atoms. The molecule has 1 atom stereocenters. The molecule has 2 aromatic carbocycles. The number of aliphatic hydroxyl groups is 1. The molecule has 2 heterocycles. The number of aromatic nitrogens is 4. The molecule has 0 aliphatic heterocycles. The molecule has 0 unspecified atom stereocenters. The van der Waals surface area contributed by atoms with Crippen molar-refractivity contribution in [1.29, 1.82) is 0 Å². The maximum absolute atomic E-state index is 12.9. The molecule has 0 aliphatic carbocycles. The molecule has 2 aromatic heterocycles. The number of ketones is 1. The first-order valence-electron chi connectivity index (χ1n) is 10.7. The molecule has 0 fully saturated rings. The van der Waals surface area contributed by atoms with Gasteiger partial charge >= 0.3 is 0 Å². The van der Waals surface area contributed by atoms with Crippen LogP contribution in [-0.2, 0) is 4.79 Å². The minimum absolute atomic E-state index is 0.00164. The van der Waals surface area contributed by atoms with Gasteiger partial charge in [0.1, 0.15) is 11.5 Å². The molecule has 0 bridgehead atoms. The number of benzene rings is 2. The number of hydrogen-bond donors (Lipinski definition) is 2. The Morgan fingerprint density at radius 1 is 1.06 bits per heavy atom. The molecule has 4 rings (SSSR count). The van der Waals surface area contributed by atoms with E-state index >= 15 is 0 Å². The molecule has 4 aromatic rings. The van der Waals surface area contributed by atoms with Gasteiger partial charge in [-0.15, -0.1) is 0 Å². The lowest BCUT2D eigenvalue weighted by Gasteiger charge is -2.18. The molecule has 0 amide bonds. The number of nitrogens with zero attached hydrogens (tertiary/aromatic N) is 3. The van der Waals surface area contributed by atoms with Gasteiger partial charge in [-0.1, -0.05) is 54.6 Å². The van der Waals surface area contributed by atoms with Crippen LogP contribution in [0.5, 0.6) is 0 Å². The van der Waals surface area contributed by atoms with Gasteiger partial charge in [0.25, 0.3) is 5.56 Å². The summed E-state index contributed by atoms with van der Waals surface area (Å²) < 4.78 is 1.41. The first kappa shape index (κ1) is 22.8. The van der Waals surface area contributed by atoms with E-state index in [-0.39, 0.29) is 41.8 Å². The third-order valence-electron chi connectivity index (χ3n) is 5.61. The molecule has 8 nitrogen and oxygen atoms in total. The van der Waals surface area contributed by atoms with Gasteiger partial charge < -0.3 is 5.11 Å². The van der Waals surface area contributed by atoms with Gasteiger partial charge in [0.05, 0.1) is 12.2 Å². The van der Waals surface area contributed by atoms with Crippen LogP contribution in [0.4, 0.5) is 0 Å². The van der Waals surface area contributed by atoms with Crippen LogP contribution in [-0.4, -0.2) is 43.2 Å². The van der Waals surface area contributed by atoms with Gasteiger partial charge in [0.15, 0.2) is 5.78 Å². The Labute approximate surface area is 195 Å². The number of H-pyrrole nitrogens is 1. The van der Waals surface area contributed by atoms with Crippen LogP contribution in [0.2, 0.25) is 0 Å². The average molecular weight is 454 g/mol. The van der Waals surface area contributed by atoms with Crippen LogP contribution in [0, 0.1) is 0 Å². The van der Waals surface area contributed by atoms with Crippen molar-refractivity contribution < 1.29 is 14.7 Å². The number of carbonyl (C=O) groups is 1. The summed E-state index contributed by atoms with van der Waals surface area (Å²) >= 11 is 0. The number of nitrogens with one attached hydrogen (secondary N) is 1. The van der Waals surface area contributed by atoms with Crippen molar-refractivity contribution in [2.45, 2.75) is 18.8 Å². The number of aliphatic hydroxyl groups excluding tert-OH is 1. The van der Waals surface area contributed by atoms with Gasteiger partial charge in [0.2, 0.25) is 5.95 Å². The highest BCUT2D eigenvalue weighted by Gasteiger charge is 2.19. The largest absolute Gasteiger partial charge is 0.391 e. The van der Waals surface area contributed by atoms with E-state index in [2.05, 4.69) is 15.1 Å². The van der Waals surface area contributed by atoms with Gasteiger partial charge in [-0.25, -0.2) is 14.5 Å². The summed E-state index contributed by atoms with van der Waals surface area (Å²) in [7, 11) is 0. The quantitative estimate of drug-likeness (QED) is 0.297. The van der Waals surface area contributed by atoms with Gasteiger partial charge in [-0.05, 0) is 29.2 Å². The fraction of sp³-hybridized carbons (Fsp3) is 0.154. The molecule has 2 N–H and O–H groups in total. The van der Waals surface area contributed by atoms with E-state index < -0.39 is 5.56 Å². The molecule has 0 spiro atoms. The summed E-state index contributed by atoms with van der Waals surface area (Å²) in [5.41, 5.74) is 2.25. The number of Topliss-reactive ketones (excluding diaryl/α,β-unsaturated/α-hetero) is 1. The second-order valence-electron chi connectivity index (χ2n) is 7.69. The lowest BCUT2D eigenvalue weighted by molar-refractivity contribution is 0.0976. The molecule has 0 saturated heterocycles. The highest BCUT2D eigenvalue weighted by atomic mass is 16.3. The van der Waals surface area contributed by atoms with Crippen LogP contribution in [0.25, 0.3) is 11.5 Å². The second kappa shape index (κ2) is 10.5. The second-order valence-corrected chi connectivity index (χ2v) is 7.69. The maximum atomic E-state index is 12.9. The van der Waals surface area contributed by atoms with Gasteiger partial charge in [-0.2, -0.15) is 5.10 Å². The summed E-state index contributed by atoms with van der Waals surface area (Å²) in [6.45, 7) is -0.388. The summed E-state index contributed by atoms with van der Waals surface area (Å²) in [5, 5.41) is 13.3. The minimum Gasteiger partial charge on any atom is -0.391 e. The molecule has 0 aliphatic rings. The summed E-state index contributed by atoms with van der Waals surface area (Å²) in [5.74, 6) is 1.58. The standard InChI is InChI=1S/C26H22N4O4/c31-16-21(17-32)18-7-9-20(10-8-18)22(19-5-2-1-3-6-19)11-12-24(33)23-15-27-26(29-25(23)34)30-14-4-13-28-30/h1-10,13-15,22,31H,11-12,16H2,(H,27,29,34)/t22-/m1/s1. The van der Waals surface area contributed by atoms with Crippen molar-refractivity contribution in [3.63, 3.8) is 0 Å². The zero-order valence-corrected chi connectivity index (χ0v) is 18.2. The predicted molar refractivity (Wildman–Crippen MR) is 126 cm³/mol. The summed E-state index contributed by atoms with van der Waals surface area (Å²) in [6, 6.07) is 18.7. The first-order chi connectivity index (χ1) is 16.6. The Hall–Kier alpha value is -4.39. The Bertz CT molecular complexity index is 1370. The molecule has 0 radical (unpaired) electrons. The van der Waals surface area contributed by atoms with E-state index in [4.69, 9.17) is 0 Å². The van der Waals surface area contributed by atoms with Crippen LogP contribution in [0.1, 0.15) is 45.8 Å². The van der Waals surface area contributed by atoms with Crippen LogP contribution in [0.3, 0.4) is 0 Å². The van der Waals surface area contributed by atoms with E-state index in [9.17, 15) is 19.5 Å². The number of rotatable bonds is 9. The minimum atomic E-state index is -0.511. The van der Waals surface area contributed by atoms with Crippen molar-refractivity contribution in [1.82, 2.24) is 19.7 Å². The summed E-state index contributed by atoms with van der Waals surface area (Å²) in [6.07, 6.45) is 5.11. The smallest absolute Gasteiger partial charge is 0.263 e. The lowest BCUT2D eigenvalue weighted by atomic mass is 9.86. The van der Waals surface area contributed by atoms with Crippen LogP contribution >= 0.6 is 0 Å². The van der Waals surface area contributed by atoms with Crippen molar-refractivity contribution in [2.24, 2.45) is 0 Å². The molecule has 0 saturated carbocycles. The molecule has 8 heteroatoms. The SMILES string of the molecule is O=C=C(CO)c1ccc([C@H](CCC(=O)c2cnc(-n3cccn3)[nH]c2=O)c2ccccc2)cc1. The zero-order valence-electron chi connectivity index (χ0n) is 18.2. The van der Waals surface area contributed by atoms with Crippen molar-refractivity contribution in [3.8, 4) is 5.95 Å². The number of aromatic amines is 1. The van der Waals surface area contributed by atoms with E-state index in [0.29, 0.717) is 12.0 Å². The van der Waals surface area contributed by atoms with E-state index in [0.717, 1.165) is 11.1 Å². The summed E-state index contributed by atoms with van der Waals surface area (Å²) in [4.78, 5) is 43.2. The Kier molecular flexibility index (Phi) is 7.03. The van der Waals surface area contributed by atoms with Crippen molar-refractivity contribution >= 4 is 17.3 Å². The fourth-order valence-electron chi connectivity index (χ4n) is 3.81. The van der Waals surface area contributed by atoms with Gasteiger partial charge in [0, 0.05) is 30.9 Å². The monoisotopic (exact) mass is 454 g/mol. The molecular weight excluding hydrogens is 432 g/mol. The highest BCUT2D eigenvalue weighted by Crippen LogP contribution is 2.30. The third-order valence-corrected chi connectivity index (χ3v) is 5.61.